The first-order valence-electron chi connectivity index (χ1n) is 7.67. The van der Waals surface area contributed by atoms with Crippen molar-refractivity contribution in [2.45, 2.75) is 12.5 Å². The average Bonchev–Trinajstić information content (AvgIpc) is 3.10. The number of aromatic nitrogens is 1. The maximum absolute atomic E-state index is 13.0. The molecule has 1 aliphatic rings. The van der Waals surface area contributed by atoms with Gasteiger partial charge in [-0.2, -0.15) is 0 Å². The number of carbonyl (C=O) groups is 1. The van der Waals surface area contributed by atoms with E-state index in [1.54, 1.807) is 35.9 Å². The molecular weight excluding hydrogens is 304 g/mol. The zero-order chi connectivity index (χ0) is 15.6. The van der Waals surface area contributed by atoms with Gasteiger partial charge in [0.05, 0.1) is 6.04 Å². The number of thiophene rings is 1. The first kappa shape index (κ1) is 14.2. The summed E-state index contributed by atoms with van der Waals surface area (Å²) in [4.78, 5) is 20.4. The molecule has 0 radical (unpaired) electrons. The molecule has 0 spiro atoms. The fraction of sp³-hybridized carbons (Fsp3) is 0.158. The highest BCUT2D eigenvalue weighted by Crippen LogP contribution is 2.38. The summed E-state index contributed by atoms with van der Waals surface area (Å²) in [7, 11) is 0. The fourth-order valence-electron chi connectivity index (χ4n) is 3.19. The SMILES string of the molecule is O=C(c1ccncc1)N1CCc2sccc2[C@@H]1c1ccccc1. The van der Waals surface area contributed by atoms with Crippen LogP contribution in [0.25, 0.3) is 0 Å². The van der Waals surface area contributed by atoms with Crippen LogP contribution in [0.15, 0.2) is 66.3 Å². The van der Waals surface area contributed by atoms with Crippen LogP contribution in [-0.2, 0) is 6.42 Å². The van der Waals surface area contributed by atoms with E-state index in [-0.39, 0.29) is 11.9 Å². The van der Waals surface area contributed by atoms with Crippen molar-refractivity contribution in [3.05, 3.63) is 87.9 Å². The van der Waals surface area contributed by atoms with E-state index in [2.05, 4.69) is 28.6 Å². The van der Waals surface area contributed by atoms with Crippen molar-refractivity contribution >= 4 is 17.2 Å². The molecule has 1 atom stereocenters. The molecular formula is C19H16N2OS. The van der Waals surface area contributed by atoms with Crippen LogP contribution in [0.2, 0.25) is 0 Å². The van der Waals surface area contributed by atoms with Gasteiger partial charge in [-0.05, 0) is 41.1 Å². The summed E-state index contributed by atoms with van der Waals surface area (Å²) in [6.07, 6.45) is 4.27. The Balaban J connectivity index is 1.78. The van der Waals surface area contributed by atoms with E-state index < -0.39 is 0 Å². The smallest absolute Gasteiger partial charge is 0.254 e. The maximum Gasteiger partial charge on any atom is 0.254 e. The Morgan fingerprint density at radius 3 is 2.65 bits per heavy atom. The molecule has 0 saturated carbocycles. The molecule has 3 nitrogen and oxygen atoms in total. The van der Waals surface area contributed by atoms with Crippen LogP contribution >= 0.6 is 11.3 Å². The monoisotopic (exact) mass is 320 g/mol. The molecule has 23 heavy (non-hydrogen) atoms. The van der Waals surface area contributed by atoms with Gasteiger partial charge in [0.2, 0.25) is 0 Å². The summed E-state index contributed by atoms with van der Waals surface area (Å²) < 4.78 is 0. The quantitative estimate of drug-likeness (QED) is 0.717. The lowest BCUT2D eigenvalue weighted by Gasteiger charge is -2.36. The van der Waals surface area contributed by atoms with Gasteiger partial charge in [0.25, 0.3) is 5.91 Å². The zero-order valence-corrected chi connectivity index (χ0v) is 13.4. The molecule has 0 N–H and O–H groups in total. The number of carbonyl (C=O) groups excluding carboxylic acids is 1. The molecule has 2 aromatic heterocycles. The maximum atomic E-state index is 13.0. The lowest BCUT2D eigenvalue weighted by molar-refractivity contribution is 0.0696. The highest BCUT2D eigenvalue weighted by atomic mass is 32.1. The van der Waals surface area contributed by atoms with Gasteiger partial charge in [-0.15, -0.1) is 11.3 Å². The molecule has 1 aromatic carbocycles. The van der Waals surface area contributed by atoms with E-state index in [1.807, 2.05) is 23.1 Å². The summed E-state index contributed by atoms with van der Waals surface area (Å²) in [5.41, 5.74) is 3.11. The second-order valence-electron chi connectivity index (χ2n) is 5.60. The number of hydrogen-bond donors (Lipinski definition) is 0. The van der Waals surface area contributed by atoms with Gasteiger partial charge in [-0.1, -0.05) is 30.3 Å². The summed E-state index contributed by atoms with van der Waals surface area (Å²) in [6.45, 7) is 0.744. The Morgan fingerprint density at radius 1 is 1.09 bits per heavy atom. The number of pyridine rings is 1. The highest BCUT2D eigenvalue weighted by molar-refractivity contribution is 7.10. The van der Waals surface area contributed by atoms with E-state index >= 15 is 0 Å². The van der Waals surface area contributed by atoms with Crippen molar-refractivity contribution in [2.75, 3.05) is 6.54 Å². The Bertz CT molecular complexity index is 814. The first-order chi connectivity index (χ1) is 11.3. The van der Waals surface area contributed by atoms with Crippen LogP contribution in [0.4, 0.5) is 0 Å². The second-order valence-corrected chi connectivity index (χ2v) is 6.60. The van der Waals surface area contributed by atoms with Crippen molar-refractivity contribution < 1.29 is 4.79 Å². The minimum Gasteiger partial charge on any atom is -0.327 e. The number of fused-ring (bicyclic) bond motifs is 1. The topological polar surface area (TPSA) is 33.2 Å². The number of rotatable bonds is 2. The molecule has 3 heterocycles. The average molecular weight is 320 g/mol. The molecule has 114 valence electrons. The van der Waals surface area contributed by atoms with Crippen LogP contribution in [0.3, 0.4) is 0 Å². The molecule has 4 heteroatoms. The second kappa shape index (κ2) is 5.97. The standard InChI is InChI=1S/C19H16N2OS/c22-19(15-6-10-20-11-7-15)21-12-8-17-16(9-13-23-17)18(21)14-4-2-1-3-5-14/h1-7,9-11,13,18H,8,12H2/t18-/m0/s1. The molecule has 0 aliphatic carbocycles. The molecule has 4 rings (SSSR count). The number of nitrogens with zero attached hydrogens (tertiary/aromatic N) is 2. The van der Waals surface area contributed by atoms with Crippen molar-refractivity contribution in [1.82, 2.24) is 9.88 Å². The van der Waals surface area contributed by atoms with Crippen LogP contribution in [0.1, 0.15) is 32.4 Å². The van der Waals surface area contributed by atoms with E-state index in [9.17, 15) is 4.79 Å². The highest BCUT2D eigenvalue weighted by Gasteiger charge is 2.33. The van der Waals surface area contributed by atoms with Gasteiger partial charge in [0, 0.05) is 29.4 Å². The van der Waals surface area contributed by atoms with Crippen molar-refractivity contribution in [1.29, 1.82) is 0 Å². The molecule has 0 bridgehead atoms. The van der Waals surface area contributed by atoms with Crippen LogP contribution in [0, 0.1) is 0 Å². The number of hydrogen-bond acceptors (Lipinski definition) is 3. The fourth-order valence-corrected chi connectivity index (χ4v) is 4.09. The minimum atomic E-state index is -0.00753. The van der Waals surface area contributed by atoms with Crippen LogP contribution < -0.4 is 0 Å². The molecule has 1 aliphatic heterocycles. The number of amides is 1. The molecule has 0 unspecified atom stereocenters. The molecule has 3 aromatic rings. The number of benzene rings is 1. The summed E-state index contributed by atoms with van der Waals surface area (Å²) >= 11 is 1.79. The first-order valence-corrected chi connectivity index (χ1v) is 8.55. The van der Waals surface area contributed by atoms with Crippen LogP contribution in [-0.4, -0.2) is 22.3 Å². The Labute approximate surface area is 139 Å². The normalized spacial score (nSPS) is 16.9. The van der Waals surface area contributed by atoms with Crippen molar-refractivity contribution in [2.24, 2.45) is 0 Å². The zero-order valence-electron chi connectivity index (χ0n) is 12.6. The summed E-state index contributed by atoms with van der Waals surface area (Å²) in [5, 5.41) is 2.13. The van der Waals surface area contributed by atoms with Gasteiger partial charge in [0.15, 0.2) is 0 Å². The van der Waals surface area contributed by atoms with E-state index in [4.69, 9.17) is 0 Å². The summed E-state index contributed by atoms with van der Waals surface area (Å²) in [6, 6.07) is 16.0. The third kappa shape index (κ3) is 2.55. The lowest BCUT2D eigenvalue weighted by Crippen LogP contribution is -2.40. The van der Waals surface area contributed by atoms with Gasteiger partial charge < -0.3 is 4.90 Å². The molecule has 1 amide bonds. The largest absolute Gasteiger partial charge is 0.327 e. The lowest BCUT2D eigenvalue weighted by atomic mass is 9.92. The van der Waals surface area contributed by atoms with Crippen molar-refractivity contribution in [3.8, 4) is 0 Å². The van der Waals surface area contributed by atoms with Gasteiger partial charge in [-0.25, -0.2) is 0 Å². The van der Waals surface area contributed by atoms with Gasteiger partial charge in [0.1, 0.15) is 0 Å². The predicted molar refractivity (Wildman–Crippen MR) is 91.6 cm³/mol. The van der Waals surface area contributed by atoms with E-state index in [0.717, 1.165) is 18.5 Å². The van der Waals surface area contributed by atoms with Crippen LogP contribution in [0.5, 0.6) is 0 Å². The Hall–Kier alpha value is -2.46. The minimum absolute atomic E-state index is 0.00753. The van der Waals surface area contributed by atoms with E-state index in [1.165, 1.54) is 10.4 Å². The predicted octanol–water partition coefficient (Wildman–Crippen LogP) is 3.93. The molecule has 0 saturated heterocycles. The van der Waals surface area contributed by atoms with Gasteiger partial charge >= 0.3 is 0 Å². The van der Waals surface area contributed by atoms with E-state index in [0.29, 0.717) is 5.56 Å². The third-order valence-corrected chi connectivity index (χ3v) is 5.27. The summed E-state index contributed by atoms with van der Waals surface area (Å²) in [5.74, 6) is 0.0677. The Morgan fingerprint density at radius 2 is 1.87 bits per heavy atom. The van der Waals surface area contributed by atoms with Gasteiger partial charge in [-0.3, -0.25) is 9.78 Å². The van der Waals surface area contributed by atoms with Crippen molar-refractivity contribution in [3.63, 3.8) is 0 Å². The molecule has 0 fully saturated rings. The third-order valence-electron chi connectivity index (χ3n) is 4.27. The Kier molecular flexibility index (Phi) is 3.67.